The molecule has 2 rings (SSSR count). The number of pyridine rings is 1. The van der Waals surface area contributed by atoms with Gasteiger partial charge in [-0.2, -0.15) is 0 Å². The number of hydrogen-bond acceptors (Lipinski definition) is 5. The Bertz CT molecular complexity index is 716. The van der Waals surface area contributed by atoms with Crippen LogP contribution in [0.25, 0.3) is 0 Å². The van der Waals surface area contributed by atoms with Gasteiger partial charge in [0.05, 0.1) is 16.1 Å². The molecule has 0 aliphatic heterocycles. The summed E-state index contributed by atoms with van der Waals surface area (Å²) in [6.07, 6.45) is 1.46. The summed E-state index contributed by atoms with van der Waals surface area (Å²) < 4.78 is 28.2. The fourth-order valence-electron chi connectivity index (χ4n) is 1.84. The van der Waals surface area contributed by atoms with Crippen LogP contribution in [0.3, 0.4) is 0 Å². The number of nitrogens with zero attached hydrogens (tertiary/aromatic N) is 1. The minimum atomic E-state index is -3.71. The zero-order valence-corrected chi connectivity index (χ0v) is 14.0. The van der Waals surface area contributed by atoms with Crippen molar-refractivity contribution < 1.29 is 8.42 Å². The minimum absolute atomic E-state index is 0.00125. The van der Waals surface area contributed by atoms with Crippen LogP contribution in [0.1, 0.15) is 24.8 Å². The topological polar surface area (TPSA) is 71.1 Å². The number of aromatic nitrogens is 1. The van der Waals surface area contributed by atoms with Crippen LogP contribution < -0.4 is 10.0 Å². The van der Waals surface area contributed by atoms with Crippen LogP contribution in [-0.2, 0) is 10.0 Å². The molecule has 0 saturated heterocycles. The molecule has 0 aliphatic rings. The molecular weight excluding hydrogens is 330 g/mol. The van der Waals surface area contributed by atoms with E-state index in [-0.39, 0.29) is 11.1 Å². The quantitative estimate of drug-likeness (QED) is 0.842. The molecule has 2 aromatic heterocycles. The third-order valence-electron chi connectivity index (χ3n) is 2.75. The molecule has 0 aliphatic carbocycles. The zero-order valence-electron chi connectivity index (χ0n) is 11.6. The van der Waals surface area contributed by atoms with Crippen LogP contribution in [0.15, 0.2) is 35.5 Å². The Morgan fingerprint density at radius 1 is 1.38 bits per heavy atom. The molecule has 2 heterocycles. The summed E-state index contributed by atoms with van der Waals surface area (Å²) in [5.74, 6) is 0. The second-order valence-electron chi connectivity index (χ2n) is 4.37. The highest BCUT2D eigenvalue weighted by molar-refractivity contribution is 7.89. The molecule has 0 radical (unpaired) electrons. The van der Waals surface area contributed by atoms with E-state index in [0.29, 0.717) is 16.6 Å². The van der Waals surface area contributed by atoms with Crippen molar-refractivity contribution >= 4 is 38.6 Å². The second kappa shape index (κ2) is 6.74. The van der Waals surface area contributed by atoms with Crippen molar-refractivity contribution in [1.29, 1.82) is 0 Å². The SMILES string of the molecule is CCNc1cccnc1S(=O)(=O)NC(C)c1ccc(Cl)s1. The molecule has 0 spiro atoms. The van der Waals surface area contributed by atoms with Gasteiger partial charge in [0.25, 0.3) is 10.0 Å². The number of nitrogens with one attached hydrogen (secondary N) is 2. The lowest BCUT2D eigenvalue weighted by Crippen LogP contribution is -2.28. The van der Waals surface area contributed by atoms with Crippen LogP contribution in [0.5, 0.6) is 0 Å². The van der Waals surface area contributed by atoms with E-state index in [2.05, 4.69) is 15.0 Å². The normalized spacial score (nSPS) is 13.1. The van der Waals surface area contributed by atoms with E-state index in [1.54, 1.807) is 25.1 Å². The maximum Gasteiger partial charge on any atom is 0.260 e. The lowest BCUT2D eigenvalue weighted by Gasteiger charge is -2.14. The molecule has 1 atom stereocenters. The Kier molecular flexibility index (Phi) is 5.21. The van der Waals surface area contributed by atoms with E-state index in [4.69, 9.17) is 11.6 Å². The van der Waals surface area contributed by atoms with Gasteiger partial charge in [-0.05, 0) is 38.1 Å². The maximum atomic E-state index is 12.5. The number of rotatable bonds is 6. The van der Waals surface area contributed by atoms with Gasteiger partial charge >= 0.3 is 0 Å². The highest BCUT2D eigenvalue weighted by Crippen LogP contribution is 2.28. The van der Waals surface area contributed by atoms with Gasteiger partial charge in [0, 0.05) is 17.6 Å². The zero-order chi connectivity index (χ0) is 15.5. The first-order chi connectivity index (χ1) is 9.94. The Morgan fingerprint density at radius 2 is 2.14 bits per heavy atom. The van der Waals surface area contributed by atoms with E-state index >= 15 is 0 Å². The Morgan fingerprint density at radius 3 is 2.76 bits per heavy atom. The van der Waals surface area contributed by atoms with Crippen LogP contribution in [0.2, 0.25) is 4.34 Å². The predicted octanol–water partition coefficient (Wildman–Crippen LogP) is 3.27. The van der Waals surface area contributed by atoms with Gasteiger partial charge in [-0.15, -0.1) is 11.3 Å². The number of anilines is 1. The summed E-state index contributed by atoms with van der Waals surface area (Å²) in [5, 5.41) is 3.00. The van der Waals surface area contributed by atoms with Gasteiger partial charge in [-0.3, -0.25) is 0 Å². The number of halogens is 1. The molecule has 0 fully saturated rings. The second-order valence-corrected chi connectivity index (χ2v) is 7.75. The Balaban J connectivity index is 2.26. The van der Waals surface area contributed by atoms with Crippen LogP contribution >= 0.6 is 22.9 Å². The number of sulfonamides is 1. The summed E-state index contributed by atoms with van der Waals surface area (Å²) in [6, 6.07) is 6.57. The standard InChI is InChI=1S/C13H16ClN3O2S2/c1-3-15-10-5-4-8-16-13(10)21(18,19)17-9(2)11-6-7-12(14)20-11/h4-9,15,17H,3H2,1-2H3. The van der Waals surface area contributed by atoms with Crippen LogP contribution in [-0.4, -0.2) is 19.9 Å². The highest BCUT2D eigenvalue weighted by Gasteiger charge is 2.23. The van der Waals surface area contributed by atoms with Crippen LogP contribution in [0.4, 0.5) is 5.69 Å². The van der Waals surface area contributed by atoms with E-state index in [1.807, 2.05) is 13.0 Å². The van der Waals surface area contributed by atoms with Gasteiger partial charge in [-0.1, -0.05) is 11.6 Å². The summed E-state index contributed by atoms with van der Waals surface area (Å²) >= 11 is 7.23. The molecule has 5 nitrogen and oxygen atoms in total. The molecule has 2 N–H and O–H groups in total. The van der Waals surface area contributed by atoms with Crippen molar-refractivity contribution in [2.45, 2.75) is 24.9 Å². The fourth-order valence-corrected chi connectivity index (χ4v) is 4.31. The molecule has 1 unspecified atom stereocenters. The maximum absolute atomic E-state index is 12.5. The van der Waals surface area contributed by atoms with Crippen molar-refractivity contribution in [2.24, 2.45) is 0 Å². The Labute approximate surface area is 133 Å². The first-order valence-corrected chi connectivity index (χ1v) is 9.08. The smallest absolute Gasteiger partial charge is 0.260 e. The first kappa shape index (κ1) is 16.2. The molecule has 0 amide bonds. The summed E-state index contributed by atoms with van der Waals surface area (Å²) in [5.41, 5.74) is 0.490. The molecule has 21 heavy (non-hydrogen) atoms. The molecule has 8 heteroatoms. The van der Waals surface area contributed by atoms with Crippen molar-refractivity contribution in [2.75, 3.05) is 11.9 Å². The lowest BCUT2D eigenvalue weighted by atomic mass is 10.3. The molecular formula is C13H16ClN3O2S2. The fraction of sp³-hybridized carbons (Fsp3) is 0.308. The summed E-state index contributed by atoms with van der Waals surface area (Å²) in [7, 11) is -3.71. The van der Waals surface area contributed by atoms with Gasteiger partial charge in [-0.25, -0.2) is 18.1 Å². The van der Waals surface area contributed by atoms with Crippen LogP contribution in [0, 0.1) is 0 Å². The minimum Gasteiger partial charge on any atom is -0.383 e. The van der Waals surface area contributed by atoms with Crippen molar-refractivity contribution in [3.05, 3.63) is 39.7 Å². The van der Waals surface area contributed by atoms with Crippen molar-refractivity contribution in [3.63, 3.8) is 0 Å². The average molecular weight is 346 g/mol. The number of hydrogen-bond donors (Lipinski definition) is 2. The number of thiophene rings is 1. The largest absolute Gasteiger partial charge is 0.383 e. The highest BCUT2D eigenvalue weighted by atomic mass is 35.5. The average Bonchev–Trinajstić information content (AvgIpc) is 2.86. The summed E-state index contributed by atoms with van der Waals surface area (Å²) in [4.78, 5) is 4.84. The van der Waals surface area contributed by atoms with E-state index in [9.17, 15) is 8.42 Å². The van der Waals surface area contributed by atoms with E-state index in [0.717, 1.165) is 4.88 Å². The van der Waals surface area contributed by atoms with Gasteiger partial charge in [0.2, 0.25) is 0 Å². The van der Waals surface area contributed by atoms with Gasteiger partial charge < -0.3 is 5.32 Å². The third kappa shape index (κ3) is 3.94. The van der Waals surface area contributed by atoms with E-state index in [1.165, 1.54) is 17.5 Å². The van der Waals surface area contributed by atoms with Crippen molar-refractivity contribution in [3.8, 4) is 0 Å². The monoisotopic (exact) mass is 345 g/mol. The molecule has 0 bridgehead atoms. The summed E-state index contributed by atoms with van der Waals surface area (Å²) in [6.45, 7) is 4.28. The molecule has 2 aromatic rings. The molecule has 0 aromatic carbocycles. The molecule has 114 valence electrons. The predicted molar refractivity (Wildman–Crippen MR) is 86.5 cm³/mol. The lowest BCUT2D eigenvalue weighted by molar-refractivity contribution is 0.565. The molecule has 0 saturated carbocycles. The first-order valence-electron chi connectivity index (χ1n) is 6.40. The van der Waals surface area contributed by atoms with Gasteiger partial charge in [0.15, 0.2) is 5.03 Å². The van der Waals surface area contributed by atoms with Gasteiger partial charge in [0.1, 0.15) is 0 Å². The Hall–Kier alpha value is -1.15. The third-order valence-corrected chi connectivity index (χ3v) is 5.66. The van der Waals surface area contributed by atoms with Crippen molar-refractivity contribution in [1.82, 2.24) is 9.71 Å². The van der Waals surface area contributed by atoms with E-state index < -0.39 is 10.0 Å².